The summed E-state index contributed by atoms with van der Waals surface area (Å²) in [5, 5.41) is 19.5. The molecular formula is C50H89N2O11PS. The minimum Gasteiger partial charge on any atom is -0.481 e. The molecule has 0 aliphatic rings. The predicted octanol–water partition coefficient (Wildman–Crippen LogP) is 11.4. The third-order valence-electron chi connectivity index (χ3n) is 10.4. The molecule has 65 heavy (non-hydrogen) atoms. The minimum atomic E-state index is -4.54. The maximum atomic E-state index is 13.1. The van der Waals surface area contributed by atoms with E-state index in [2.05, 4.69) is 38.2 Å². The molecule has 0 bridgehead atoms. The van der Waals surface area contributed by atoms with Gasteiger partial charge in [0.1, 0.15) is 12.6 Å². The van der Waals surface area contributed by atoms with Crippen molar-refractivity contribution in [1.29, 1.82) is 0 Å². The lowest BCUT2D eigenvalue weighted by Crippen LogP contribution is -2.40. The first-order valence-corrected chi connectivity index (χ1v) is 27.2. The van der Waals surface area contributed by atoms with E-state index in [9.17, 15) is 28.9 Å². The average molecular weight is 957 g/mol. The summed E-state index contributed by atoms with van der Waals surface area (Å²) >= 11 is 1.20. The number of thioether (sulfide) groups is 1. The number of aliphatic carboxylic acids is 1. The Hall–Kier alpha value is -2.55. The number of carbonyl (C=O) groups excluding carboxylic acids is 2. The molecule has 0 aromatic heterocycles. The summed E-state index contributed by atoms with van der Waals surface area (Å²) in [7, 11) is -4.54. The molecule has 0 rings (SSSR count). The van der Waals surface area contributed by atoms with Crippen LogP contribution in [-0.4, -0.2) is 88.6 Å². The smallest absolute Gasteiger partial charge is 0.472 e. The van der Waals surface area contributed by atoms with Crippen molar-refractivity contribution in [3.63, 3.8) is 0 Å². The Labute approximate surface area is 397 Å². The normalized spacial score (nSPS) is 15.0. The van der Waals surface area contributed by atoms with Crippen molar-refractivity contribution in [2.45, 2.75) is 204 Å². The number of carboxylic acids is 1. The number of unbranched alkanes of at least 4 members (excludes halogenated alkanes) is 18. The number of ether oxygens (including phenoxy) is 2. The molecule has 0 heterocycles. The maximum absolute atomic E-state index is 13.1. The number of hydrogen-bond acceptors (Lipinski definition) is 12. The highest BCUT2D eigenvalue weighted by molar-refractivity contribution is 8.00. The van der Waals surface area contributed by atoms with E-state index < -0.39 is 62.4 Å². The molecule has 0 aromatic carbocycles. The van der Waals surface area contributed by atoms with Gasteiger partial charge in [-0.05, 0) is 64.2 Å². The summed E-state index contributed by atoms with van der Waals surface area (Å²) in [6.07, 6.45) is 44.3. The number of aliphatic hydroxyl groups excluding tert-OH is 1. The van der Waals surface area contributed by atoms with E-state index in [1.807, 2.05) is 24.3 Å². The van der Waals surface area contributed by atoms with E-state index in [0.717, 1.165) is 32.1 Å². The molecule has 7 N–H and O–H groups in total. The Morgan fingerprint density at radius 2 is 1.23 bits per heavy atom. The van der Waals surface area contributed by atoms with Gasteiger partial charge >= 0.3 is 25.7 Å². The zero-order valence-electron chi connectivity index (χ0n) is 40.1. The van der Waals surface area contributed by atoms with Crippen molar-refractivity contribution >= 4 is 37.5 Å². The largest absolute Gasteiger partial charge is 0.481 e. The number of carbonyl (C=O) groups is 3. The van der Waals surface area contributed by atoms with Crippen LogP contribution in [0.5, 0.6) is 0 Å². The fourth-order valence-corrected chi connectivity index (χ4v) is 8.42. The van der Waals surface area contributed by atoms with Crippen molar-refractivity contribution in [2.75, 3.05) is 32.1 Å². The second-order valence-corrected chi connectivity index (χ2v) is 19.2. The molecule has 0 aromatic rings. The highest BCUT2D eigenvalue weighted by Crippen LogP contribution is 2.43. The Morgan fingerprint density at radius 3 is 1.85 bits per heavy atom. The van der Waals surface area contributed by atoms with E-state index >= 15 is 0 Å². The lowest BCUT2D eigenvalue weighted by atomic mass is 10.1. The number of hydrogen-bond donors (Lipinski definition) is 5. The first-order chi connectivity index (χ1) is 31.4. The third kappa shape index (κ3) is 42.5. The molecule has 376 valence electrons. The molecule has 0 spiro atoms. The van der Waals surface area contributed by atoms with Crippen molar-refractivity contribution in [3.05, 3.63) is 60.8 Å². The van der Waals surface area contributed by atoms with Gasteiger partial charge in [0, 0.05) is 30.4 Å². The van der Waals surface area contributed by atoms with Crippen LogP contribution in [0.25, 0.3) is 0 Å². The molecule has 0 saturated carbocycles. The summed E-state index contributed by atoms with van der Waals surface area (Å²) in [4.78, 5) is 46.8. The summed E-state index contributed by atoms with van der Waals surface area (Å²) in [5.74, 6) is -2.31. The average Bonchev–Trinajstić information content (AvgIpc) is 3.28. The highest BCUT2D eigenvalue weighted by Gasteiger charge is 2.28. The topological polar surface area (TPSA) is 218 Å². The maximum Gasteiger partial charge on any atom is 0.472 e. The van der Waals surface area contributed by atoms with Gasteiger partial charge in [-0.15, -0.1) is 11.8 Å². The SMILES string of the molecule is CCCCC/C=C\C\C=C/C=C/C=C/[C@@H](SC[C@H](N)C(=O)O[C@H](COC(=O)CCCCCCCCCCC/C=C\CCCCCCCC)COP(=O)(O)OCCN)[C@@H](O)CCCC(=O)O. The molecule has 0 saturated heterocycles. The van der Waals surface area contributed by atoms with Crippen molar-refractivity contribution in [2.24, 2.45) is 11.5 Å². The van der Waals surface area contributed by atoms with E-state index in [1.54, 1.807) is 12.2 Å². The number of carboxylic acid groups (broad SMARTS) is 1. The Balaban J connectivity index is 4.93. The second-order valence-electron chi connectivity index (χ2n) is 16.5. The van der Waals surface area contributed by atoms with Crippen molar-refractivity contribution in [1.82, 2.24) is 0 Å². The van der Waals surface area contributed by atoms with Crippen LogP contribution < -0.4 is 11.5 Å². The number of aliphatic hydroxyl groups is 1. The van der Waals surface area contributed by atoms with Crippen LogP contribution in [0.4, 0.5) is 0 Å². The number of esters is 2. The minimum absolute atomic E-state index is 0.0144. The Kier molecular flexibility index (Phi) is 43.5. The quantitative estimate of drug-likeness (QED) is 0.0126. The first-order valence-electron chi connectivity index (χ1n) is 24.7. The van der Waals surface area contributed by atoms with Gasteiger partial charge in [0.2, 0.25) is 0 Å². The van der Waals surface area contributed by atoms with E-state index in [-0.39, 0.29) is 44.6 Å². The zero-order valence-corrected chi connectivity index (χ0v) is 41.8. The molecule has 0 fully saturated rings. The number of allylic oxidation sites excluding steroid dienone is 9. The Bertz CT molecular complexity index is 1380. The molecule has 1 unspecified atom stereocenters. The summed E-state index contributed by atoms with van der Waals surface area (Å²) < 4.78 is 33.0. The fourth-order valence-electron chi connectivity index (χ4n) is 6.52. The van der Waals surface area contributed by atoms with Crippen LogP contribution in [0, 0.1) is 0 Å². The monoisotopic (exact) mass is 957 g/mol. The number of rotatable bonds is 46. The van der Waals surface area contributed by atoms with Crippen LogP contribution in [0.3, 0.4) is 0 Å². The zero-order chi connectivity index (χ0) is 48.1. The van der Waals surface area contributed by atoms with Crippen LogP contribution >= 0.6 is 19.6 Å². The molecule has 0 radical (unpaired) electrons. The fraction of sp³-hybridized carbons (Fsp3) is 0.740. The number of phosphoric acid groups is 1. The molecule has 13 nitrogen and oxygen atoms in total. The summed E-state index contributed by atoms with van der Waals surface area (Å²) in [6, 6.07) is -1.19. The van der Waals surface area contributed by atoms with Crippen LogP contribution in [-0.2, 0) is 37.5 Å². The molecule has 0 amide bonds. The second kappa shape index (κ2) is 45.2. The van der Waals surface area contributed by atoms with Gasteiger partial charge in [0.15, 0.2) is 6.10 Å². The summed E-state index contributed by atoms with van der Waals surface area (Å²) in [5.41, 5.74) is 11.6. The van der Waals surface area contributed by atoms with Crippen LogP contribution in [0.15, 0.2) is 60.8 Å². The number of phosphoric ester groups is 1. The van der Waals surface area contributed by atoms with Gasteiger partial charge in [-0.2, -0.15) is 0 Å². The first kappa shape index (κ1) is 62.4. The lowest BCUT2D eigenvalue weighted by Gasteiger charge is -2.23. The van der Waals surface area contributed by atoms with Crippen molar-refractivity contribution in [3.8, 4) is 0 Å². The molecule has 5 atom stereocenters. The van der Waals surface area contributed by atoms with Crippen LogP contribution in [0.2, 0.25) is 0 Å². The van der Waals surface area contributed by atoms with E-state index in [1.165, 1.54) is 114 Å². The summed E-state index contributed by atoms with van der Waals surface area (Å²) in [6.45, 7) is 3.12. The standard InChI is InChI=1S/C50H89N2O11PS/c1-3-5-7-9-11-13-15-17-18-19-20-21-22-23-25-27-29-31-33-38-49(56)60-41-44(42-62-64(58,59)61-40-39-51)63-50(57)45(52)43-65-47(46(53)35-34-37-48(54)55)36-32-30-28-26-24-16-14-12-10-8-6-4-2/h12,14,17-18,24,26,28,30,32,36,44-47,53H,3-11,13,15-16,19-23,25,27,29,31,33-35,37-43,51-52H2,1-2H3,(H,54,55)(H,58,59)/b14-12-,18-17-,26-24-,30-28+,36-32+/t44-,45+,46+,47-/m1/s1. The van der Waals surface area contributed by atoms with Gasteiger partial charge in [-0.25, -0.2) is 4.57 Å². The van der Waals surface area contributed by atoms with Gasteiger partial charge in [-0.1, -0.05) is 164 Å². The van der Waals surface area contributed by atoms with E-state index in [0.29, 0.717) is 6.42 Å². The number of nitrogens with two attached hydrogens (primary N) is 2. The lowest BCUT2D eigenvalue weighted by molar-refractivity contribution is -0.161. The molecular weight excluding hydrogens is 868 g/mol. The van der Waals surface area contributed by atoms with Gasteiger partial charge in [0.25, 0.3) is 0 Å². The Morgan fingerprint density at radius 1 is 0.677 bits per heavy atom. The van der Waals surface area contributed by atoms with Gasteiger partial charge in [0.05, 0.1) is 19.3 Å². The van der Waals surface area contributed by atoms with Crippen molar-refractivity contribution < 1.29 is 52.6 Å². The van der Waals surface area contributed by atoms with E-state index in [4.69, 9.17) is 35.1 Å². The highest BCUT2D eigenvalue weighted by atomic mass is 32.2. The predicted molar refractivity (Wildman–Crippen MR) is 267 cm³/mol. The molecule has 0 aliphatic carbocycles. The van der Waals surface area contributed by atoms with Gasteiger partial charge < -0.3 is 36.0 Å². The van der Waals surface area contributed by atoms with Gasteiger partial charge in [-0.3, -0.25) is 23.4 Å². The molecule has 0 aliphatic heterocycles. The molecule has 15 heteroatoms. The van der Waals surface area contributed by atoms with Crippen LogP contribution in [0.1, 0.15) is 181 Å². The third-order valence-corrected chi connectivity index (χ3v) is 12.8.